The Kier molecular flexibility index (Phi) is 5.90. The summed E-state index contributed by atoms with van der Waals surface area (Å²) in [5.41, 5.74) is 1.35. The molecule has 0 bridgehead atoms. The lowest BCUT2D eigenvalue weighted by atomic mass is 10.2. The minimum Gasteiger partial charge on any atom is -0.496 e. The SMILES string of the molecule is CCN(c1ccc(Oc2ccccc2)cc1)S(=O)(=O)c1ccc(OC)c(C)c1. The third-order valence-corrected chi connectivity index (χ3v) is 6.24. The Morgan fingerprint density at radius 2 is 1.54 bits per heavy atom. The zero-order chi connectivity index (χ0) is 20.1. The molecular weight excluding hydrogens is 374 g/mol. The Morgan fingerprint density at radius 3 is 2.11 bits per heavy atom. The Labute approximate surface area is 166 Å². The van der Waals surface area contributed by atoms with E-state index < -0.39 is 10.0 Å². The van der Waals surface area contributed by atoms with Gasteiger partial charge in [0.1, 0.15) is 17.2 Å². The van der Waals surface area contributed by atoms with E-state index in [1.165, 1.54) is 4.31 Å². The number of benzene rings is 3. The van der Waals surface area contributed by atoms with Crippen LogP contribution < -0.4 is 13.8 Å². The van der Waals surface area contributed by atoms with E-state index >= 15 is 0 Å². The van der Waals surface area contributed by atoms with E-state index in [1.807, 2.05) is 44.2 Å². The van der Waals surface area contributed by atoms with Crippen LogP contribution in [0.25, 0.3) is 0 Å². The molecule has 0 saturated heterocycles. The van der Waals surface area contributed by atoms with Gasteiger partial charge in [0.05, 0.1) is 17.7 Å². The van der Waals surface area contributed by atoms with E-state index in [4.69, 9.17) is 9.47 Å². The maximum absolute atomic E-state index is 13.1. The van der Waals surface area contributed by atoms with Gasteiger partial charge in [-0.15, -0.1) is 0 Å². The van der Waals surface area contributed by atoms with Gasteiger partial charge in [-0.2, -0.15) is 0 Å². The third-order valence-electron chi connectivity index (χ3n) is 4.35. The van der Waals surface area contributed by atoms with Crippen molar-refractivity contribution in [2.45, 2.75) is 18.7 Å². The number of rotatable bonds is 7. The molecule has 0 aliphatic carbocycles. The predicted molar refractivity (Wildman–Crippen MR) is 111 cm³/mol. The molecule has 0 radical (unpaired) electrons. The van der Waals surface area contributed by atoms with E-state index in [9.17, 15) is 8.42 Å². The molecule has 5 nitrogen and oxygen atoms in total. The first-order chi connectivity index (χ1) is 13.5. The average molecular weight is 397 g/mol. The quantitative estimate of drug-likeness (QED) is 0.562. The highest BCUT2D eigenvalue weighted by atomic mass is 32.2. The molecule has 0 unspecified atom stereocenters. The number of anilines is 1. The zero-order valence-electron chi connectivity index (χ0n) is 16.1. The molecule has 0 amide bonds. The summed E-state index contributed by atoms with van der Waals surface area (Å²) < 4.78 is 38.7. The van der Waals surface area contributed by atoms with Gasteiger partial charge in [-0.05, 0) is 74.0 Å². The van der Waals surface area contributed by atoms with Crippen LogP contribution in [0.15, 0.2) is 77.7 Å². The lowest BCUT2D eigenvalue weighted by molar-refractivity contribution is 0.411. The molecule has 0 aromatic heterocycles. The Bertz CT molecular complexity index is 1030. The van der Waals surface area contributed by atoms with Crippen LogP contribution in [0.4, 0.5) is 5.69 Å². The van der Waals surface area contributed by atoms with Gasteiger partial charge in [-0.25, -0.2) is 8.42 Å². The molecule has 3 aromatic rings. The van der Waals surface area contributed by atoms with Crippen LogP contribution in [-0.2, 0) is 10.0 Å². The summed E-state index contributed by atoms with van der Waals surface area (Å²) in [6.45, 7) is 3.94. The Hall–Kier alpha value is -2.99. The zero-order valence-corrected chi connectivity index (χ0v) is 16.9. The highest BCUT2D eigenvalue weighted by Gasteiger charge is 2.24. The minimum absolute atomic E-state index is 0.234. The van der Waals surface area contributed by atoms with Crippen molar-refractivity contribution in [3.8, 4) is 17.2 Å². The van der Waals surface area contributed by atoms with Crippen molar-refractivity contribution >= 4 is 15.7 Å². The Balaban J connectivity index is 1.87. The first kappa shape index (κ1) is 19.8. The molecule has 0 saturated carbocycles. The summed E-state index contributed by atoms with van der Waals surface area (Å²) in [4.78, 5) is 0.234. The summed E-state index contributed by atoms with van der Waals surface area (Å²) in [6.07, 6.45) is 0. The van der Waals surface area contributed by atoms with Gasteiger partial charge in [0.25, 0.3) is 10.0 Å². The number of methoxy groups -OCH3 is 1. The molecule has 3 rings (SSSR count). The van der Waals surface area contributed by atoms with Crippen molar-refractivity contribution in [2.24, 2.45) is 0 Å². The van der Waals surface area contributed by atoms with Gasteiger partial charge < -0.3 is 9.47 Å². The molecule has 28 heavy (non-hydrogen) atoms. The van der Waals surface area contributed by atoms with Crippen LogP contribution in [-0.4, -0.2) is 22.1 Å². The molecule has 0 fully saturated rings. The van der Waals surface area contributed by atoms with E-state index in [0.717, 1.165) is 11.3 Å². The van der Waals surface area contributed by atoms with Gasteiger partial charge in [0.2, 0.25) is 0 Å². The number of nitrogens with zero attached hydrogens (tertiary/aromatic N) is 1. The van der Waals surface area contributed by atoms with Crippen LogP contribution >= 0.6 is 0 Å². The smallest absolute Gasteiger partial charge is 0.264 e. The van der Waals surface area contributed by atoms with Crippen molar-refractivity contribution in [2.75, 3.05) is 18.0 Å². The van der Waals surface area contributed by atoms with Crippen molar-refractivity contribution in [1.29, 1.82) is 0 Å². The van der Waals surface area contributed by atoms with Crippen LogP contribution in [0.1, 0.15) is 12.5 Å². The van der Waals surface area contributed by atoms with Crippen molar-refractivity contribution in [3.63, 3.8) is 0 Å². The van der Waals surface area contributed by atoms with Gasteiger partial charge in [-0.3, -0.25) is 4.31 Å². The average Bonchev–Trinajstić information content (AvgIpc) is 2.70. The summed E-state index contributed by atoms with van der Waals surface area (Å²) in [5, 5.41) is 0. The van der Waals surface area contributed by atoms with Gasteiger partial charge in [-0.1, -0.05) is 18.2 Å². The van der Waals surface area contributed by atoms with Crippen molar-refractivity contribution in [3.05, 3.63) is 78.4 Å². The standard InChI is InChI=1S/C22H23NO4S/c1-4-23(28(24,25)21-14-15-22(26-3)17(2)16-21)18-10-12-20(13-11-18)27-19-8-6-5-7-9-19/h5-16H,4H2,1-3H3. The number of ether oxygens (including phenoxy) is 2. The molecule has 0 N–H and O–H groups in total. The van der Waals surface area contributed by atoms with Crippen LogP contribution in [0.2, 0.25) is 0 Å². The first-order valence-electron chi connectivity index (χ1n) is 8.96. The molecule has 0 spiro atoms. The second-order valence-electron chi connectivity index (χ2n) is 6.21. The summed E-state index contributed by atoms with van der Waals surface area (Å²) in [5.74, 6) is 2.03. The number of aryl methyl sites for hydroxylation is 1. The van der Waals surface area contributed by atoms with Crippen LogP contribution in [0.5, 0.6) is 17.2 Å². The summed E-state index contributed by atoms with van der Waals surface area (Å²) in [7, 11) is -2.12. The minimum atomic E-state index is -3.69. The first-order valence-corrected chi connectivity index (χ1v) is 10.4. The molecule has 3 aromatic carbocycles. The van der Waals surface area contributed by atoms with E-state index in [0.29, 0.717) is 23.7 Å². The molecule has 146 valence electrons. The maximum Gasteiger partial charge on any atom is 0.264 e. The van der Waals surface area contributed by atoms with Crippen molar-refractivity contribution in [1.82, 2.24) is 0 Å². The second-order valence-corrected chi connectivity index (χ2v) is 8.07. The number of hydrogen-bond acceptors (Lipinski definition) is 4. The molecule has 0 heterocycles. The lowest BCUT2D eigenvalue weighted by Gasteiger charge is -2.23. The van der Waals surface area contributed by atoms with Crippen molar-refractivity contribution < 1.29 is 17.9 Å². The van der Waals surface area contributed by atoms with E-state index in [2.05, 4.69) is 0 Å². The molecule has 0 atom stereocenters. The number of sulfonamides is 1. The summed E-state index contributed by atoms with van der Waals surface area (Å²) in [6, 6.07) is 21.3. The van der Waals surface area contributed by atoms with Gasteiger partial charge >= 0.3 is 0 Å². The highest BCUT2D eigenvalue weighted by Crippen LogP contribution is 2.29. The molecule has 0 aliphatic heterocycles. The monoisotopic (exact) mass is 397 g/mol. The second kappa shape index (κ2) is 8.35. The molecule has 6 heteroatoms. The van der Waals surface area contributed by atoms with Gasteiger partial charge in [0, 0.05) is 6.54 Å². The molecular formula is C22H23NO4S. The lowest BCUT2D eigenvalue weighted by Crippen LogP contribution is -2.30. The van der Waals surface area contributed by atoms with E-state index in [1.54, 1.807) is 49.6 Å². The largest absolute Gasteiger partial charge is 0.496 e. The molecule has 0 aliphatic rings. The normalized spacial score (nSPS) is 11.1. The number of para-hydroxylation sites is 1. The van der Waals surface area contributed by atoms with Crippen LogP contribution in [0, 0.1) is 6.92 Å². The van der Waals surface area contributed by atoms with Crippen LogP contribution in [0.3, 0.4) is 0 Å². The fourth-order valence-corrected chi connectivity index (χ4v) is 4.49. The fourth-order valence-electron chi connectivity index (χ4n) is 2.93. The number of hydrogen-bond donors (Lipinski definition) is 0. The fraction of sp³-hybridized carbons (Fsp3) is 0.182. The Morgan fingerprint density at radius 1 is 0.893 bits per heavy atom. The maximum atomic E-state index is 13.1. The third kappa shape index (κ3) is 4.12. The predicted octanol–water partition coefficient (Wildman–Crippen LogP) is 5.01. The van der Waals surface area contributed by atoms with E-state index in [-0.39, 0.29) is 4.90 Å². The van der Waals surface area contributed by atoms with Gasteiger partial charge in [0.15, 0.2) is 0 Å². The summed E-state index contributed by atoms with van der Waals surface area (Å²) >= 11 is 0. The highest BCUT2D eigenvalue weighted by molar-refractivity contribution is 7.92. The topological polar surface area (TPSA) is 55.8 Å².